The molecule has 4 nitrogen and oxygen atoms in total. The van der Waals surface area contributed by atoms with Crippen molar-refractivity contribution in [3.8, 4) is 5.75 Å². The Kier molecular flexibility index (Phi) is 3.97. The van der Waals surface area contributed by atoms with E-state index < -0.39 is 0 Å². The van der Waals surface area contributed by atoms with Crippen LogP contribution in [0.15, 0.2) is 40.9 Å². The van der Waals surface area contributed by atoms with Crippen LogP contribution in [0.5, 0.6) is 5.75 Å². The van der Waals surface area contributed by atoms with Crippen molar-refractivity contribution in [3.63, 3.8) is 0 Å². The highest BCUT2D eigenvalue weighted by Gasteiger charge is 2.09. The van der Waals surface area contributed by atoms with Gasteiger partial charge < -0.3 is 16.2 Å². The van der Waals surface area contributed by atoms with E-state index in [4.69, 9.17) is 17.3 Å². The fourth-order valence-electron chi connectivity index (χ4n) is 1.46. The third kappa shape index (κ3) is 3.19. The van der Waals surface area contributed by atoms with E-state index in [1.165, 1.54) is 6.07 Å². The molecular formula is C13H10BrClN2O2. The van der Waals surface area contributed by atoms with Crippen molar-refractivity contribution < 1.29 is 9.90 Å². The van der Waals surface area contributed by atoms with Gasteiger partial charge in [-0.1, -0.05) is 11.6 Å². The van der Waals surface area contributed by atoms with Gasteiger partial charge in [-0.2, -0.15) is 0 Å². The van der Waals surface area contributed by atoms with Crippen molar-refractivity contribution >= 4 is 44.8 Å². The number of hydrogen-bond donors (Lipinski definition) is 3. The molecule has 0 aliphatic heterocycles. The van der Waals surface area contributed by atoms with E-state index in [9.17, 15) is 9.90 Å². The summed E-state index contributed by atoms with van der Waals surface area (Å²) in [6, 6.07) is 9.39. The molecule has 1 amide bonds. The van der Waals surface area contributed by atoms with Gasteiger partial charge in [0.05, 0.1) is 15.2 Å². The lowest BCUT2D eigenvalue weighted by Gasteiger charge is -2.07. The molecule has 0 bridgehead atoms. The number of hydrogen-bond acceptors (Lipinski definition) is 3. The van der Waals surface area contributed by atoms with Crippen molar-refractivity contribution in [2.75, 3.05) is 11.1 Å². The second-order valence-electron chi connectivity index (χ2n) is 3.86. The molecule has 0 aromatic heterocycles. The van der Waals surface area contributed by atoms with Crippen LogP contribution in [0, 0.1) is 0 Å². The van der Waals surface area contributed by atoms with Crippen LogP contribution in [0.1, 0.15) is 10.4 Å². The zero-order chi connectivity index (χ0) is 14.0. The fraction of sp³-hybridized carbons (Fsp3) is 0. The van der Waals surface area contributed by atoms with Crippen LogP contribution in [0.2, 0.25) is 5.02 Å². The molecule has 0 spiro atoms. The topological polar surface area (TPSA) is 75.3 Å². The van der Waals surface area contributed by atoms with E-state index in [-0.39, 0.29) is 11.7 Å². The van der Waals surface area contributed by atoms with E-state index in [0.29, 0.717) is 26.4 Å². The first-order chi connectivity index (χ1) is 8.97. The van der Waals surface area contributed by atoms with Crippen LogP contribution < -0.4 is 11.1 Å². The number of phenols is 1. The predicted molar refractivity (Wildman–Crippen MR) is 79.6 cm³/mol. The van der Waals surface area contributed by atoms with Gasteiger partial charge in [-0.05, 0) is 52.3 Å². The molecule has 0 aliphatic rings. The van der Waals surface area contributed by atoms with Crippen LogP contribution >= 0.6 is 27.5 Å². The number of nitrogens with one attached hydrogen (secondary N) is 1. The number of carbonyl (C=O) groups is 1. The van der Waals surface area contributed by atoms with Crippen LogP contribution in [0.4, 0.5) is 11.4 Å². The lowest BCUT2D eigenvalue weighted by atomic mass is 10.2. The Labute approximate surface area is 123 Å². The number of rotatable bonds is 2. The Morgan fingerprint density at radius 1 is 1.26 bits per heavy atom. The summed E-state index contributed by atoms with van der Waals surface area (Å²) in [4.78, 5) is 12.0. The van der Waals surface area contributed by atoms with Crippen molar-refractivity contribution in [2.24, 2.45) is 0 Å². The third-order valence-electron chi connectivity index (χ3n) is 2.47. The Morgan fingerprint density at radius 2 is 2.00 bits per heavy atom. The molecule has 0 fully saturated rings. The number of aromatic hydroxyl groups is 1. The van der Waals surface area contributed by atoms with Gasteiger partial charge in [-0.25, -0.2) is 0 Å². The number of nitrogens with two attached hydrogens (primary N) is 1. The molecule has 2 aromatic carbocycles. The first-order valence-corrected chi connectivity index (χ1v) is 6.49. The molecular weight excluding hydrogens is 332 g/mol. The highest BCUT2D eigenvalue weighted by molar-refractivity contribution is 9.10. The number of nitrogen functional groups attached to an aromatic ring is 1. The molecule has 0 heterocycles. The maximum Gasteiger partial charge on any atom is 0.255 e. The molecule has 19 heavy (non-hydrogen) atoms. The number of anilines is 2. The minimum Gasteiger partial charge on any atom is -0.507 e. The van der Waals surface area contributed by atoms with E-state index in [0.717, 1.165) is 0 Å². The Balaban J connectivity index is 2.20. The second-order valence-corrected chi connectivity index (χ2v) is 5.12. The van der Waals surface area contributed by atoms with Gasteiger partial charge in [0.2, 0.25) is 0 Å². The van der Waals surface area contributed by atoms with E-state index in [1.54, 1.807) is 30.3 Å². The lowest BCUT2D eigenvalue weighted by Crippen LogP contribution is -2.11. The summed E-state index contributed by atoms with van der Waals surface area (Å²) in [5.74, 6) is -0.341. The van der Waals surface area contributed by atoms with Gasteiger partial charge in [0.15, 0.2) is 0 Å². The highest BCUT2D eigenvalue weighted by atomic mass is 79.9. The largest absolute Gasteiger partial charge is 0.507 e. The SMILES string of the molecule is Nc1ccc(NC(=O)c2ccc(Br)c(O)c2)cc1Cl. The number of carbonyl (C=O) groups excluding carboxylic acids is 1. The standard InChI is InChI=1S/C13H10BrClN2O2/c14-9-3-1-7(5-12(9)18)13(19)17-8-2-4-11(16)10(15)6-8/h1-6,18H,16H2,(H,17,19). The van der Waals surface area contributed by atoms with Crippen molar-refractivity contribution in [2.45, 2.75) is 0 Å². The molecule has 0 radical (unpaired) electrons. The molecule has 0 aliphatic carbocycles. The zero-order valence-corrected chi connectivity index (χ0v) is 12.0. The van der Waals surface area contributed by atoms with E-state index in [1.807, 2.05) is 0 Å². The average Bonchev–Trinajstić information content (AvgIpc) is 2.37. The smallest absolute Gasteiger partial charge is 0.255 e. The molecule has 98 valence electrons. The predicted octanol–water partition coefficient (Wildman–Crippen LogP) is 3.64. The van der Waals surface area contributed by atoms with E-state index >= 15 is 0 Å². The Morgan fingerprint density at radius 3 is 2.63 bits per heavy atom. The zero-order valence-electron chi connectivity index (χ0n) is 9.65. The molecule has 6 heteroatoms. The van der Waals surface area contributed by atoms with Crippen molar-refractivity contribution in [1.82, 2.24) is 0 Å². The molecule has 2 rings (SSSR count). The normalized spacial score (nSPS) is 10.2. The average molecular weight is 342 g/mol. The van der Waals surface area contributed by atoms with Crippen LogP contribution in [-0.2, 0) is 0 Å². The van der Waals surface area contributed by atoms with Crippen LogP contribution in [0.3, 0.4) is 0 Å². The summed E-state index contributed by atoms with van der Waals surface area (Å²) in [7, 11) is 0. The van der Waals surface area contributed by atoms with E-state index in [2.05, 4.69) is 21.2 Å². The fourth-order valence-corrected chi connectivity index (χ4v) is 1.89. The number of halogens is 2. The lowest BCUT2D eigenvalue weighted by molar-refractivity contribution is 0.102. The van der Waals surface area contributed by atoms with Gasteiger partial charge in [0.25, 0.3) is 5.91 Å². The summed E-state index contributed by atoms with van der Waals surface area (Å²) in [6.45, 7) is 0. The quantitative estimate of drug-likeness (QED) is 0.730. The van der Waals surface area contributed by atoms with Gasteiger partial charge in [0.1, 0.15) is 5.75 Å². The Hall–Kier alpha value is -1.72. The summed E-state index contributed by atoms with van der Waals surface area (Å²) < 4.78 is 0.527. The first-order valence-electron chi connectivity index (χ1n) is 5.32. The minimum absolute atomic E-state index is 0.00277. The second kappa shape index (κ2) is 5.50. The molecule has 0 saturated heterocycles. The molecule has 0 unspecified atom stereocenters. The maximum absolute atomic E-state index is 12.0. The maximum atomic E-state index is 12.0. The molecule has 0 saturated carbocycles. The third-order valence-corrected chi connectivity index (χ3v) is 3.46. The monoisotopic (exact) mass is 340 g/mol. The Bertz CT molecular complexity index is 647. The van der Waals surface area contributed by atoms with Gasteiger partial charge >= 0.3 is 0 Å². The highest BCUT2D eigenvalue weighted by Crippen LogP contribution is 2.26. The summed E-state index contributed by atoms with van der Waals surface area (Å²) >= 11 is 9.02. The van der Waals surface area contributed by atoms with Gasteiger partial charge in [0, 0.05) is 11.3 Å². The van der Waals surface area contributed by atoms with Gasteiger partial charge in [-0.3, -0.25) is 4.79 Å². The van der Waals surface area contributed by atoms with Gasteiger partial charge in [-0.15, -0.1) is 0 Å². The van der Waals surface area contributed by atoms with Crippen molar-refractivity contribution in [1.29, 1.82) is 0 Å². The molecule has 2 aromatic rings. The summed E-state index contributed by atoms with van der Waals surface area (Å²) in [5.41, 5.74) is 6.90. The van der Waals surface area contributed by atoms with Crippen LogP contribution in [0.25, 0.3) is 0 Å². The molecule has 0 atom stereocenters. The number of phenolic OH excluding ortho intramolecular Hbond substituents is 1. The number of amides is 1. The first kappa shape index (κ1) is 13.7. The minimum atomic E-state index is -0.344. The van der Waals surface area contributed by atoms with Crippen molar-refractivity contribution in [3.05, 3.63) is 51.5 Å². The summed E-state index contributed by atoms with van der Waals surface area (Å²) in [5, 5.41) is 12.6. The summed E-state index contributed by atoms with van der Waals surface area (Å²) in [6.07, 6.45) is 0. The van der Waals surface area contributed by atoms with Crippen LogP contribution in [-0.4, -0.2) is 11.0 Å². The number of benzene rings is 2. The molecule has 4 N–H and O–H groups in total.